The number of rotatable bonds is 8. The zero-order valence-electron chi connectivity index (χ0n) is 15.8. The fourth-order valence-electron chi connectivity index (χ4n) is 2.34. The van der Waals surface area contributed by atoms with Crippen molar-refractivity contribution in [1.82, 2.24) is 15.2 Å². The van der Waals surface area contributed by atoms with Gasteiger partial charge in [-0.2, -0.15) is 4.31 Å². The molecule has 2 amide bonds. The summed E-state index contributed by atoms with van der Waals surface area (Å²) in [5.41, 5.74) is 4.70. The third kappa shape index (κ3) is 5.43. The fraction of sp³-hybridized carbons (Fsp3) is 0.529. The Balaban J connectivity index is 3.09. The first-order valence-electron chi connectivity index (χ1n) is 8.44. The molecule has 9 heteroatoms. The second-order valence-corrected chi connectivity index (χ2v) is 7.96. The van der Waals surface area contributed by atoms with E-state index in [1.807, 2.05) is 13.8 Å². The molecule has 1 aromatic rings. The van der Waals surface area contributed by atoms with Crippen LogP contribution in [0, 0.1) is 5.92 Å². The van der Waals surface area contributed by atoms with Gasteiger partial charge in [-0.3, -0.25) is 20.4 Å². The molecule has 0 bridgehead atoms. The zero-order valence-corrected chi connectivity index (χ0v) is 16.6. The van der Waals surface area contributed by atoms with E-state index in [4.69, 9.17) is 4.74 Å². The van der Waals surface area contributed by atoms with Crippen LogP contribution in [0.3, 0.4) is 0 Å². The maximum absolute atomic E-state index is 12.8. The summed E-state index contributed by atoms with van der Waals surface area (Å²) >= 11 is 0. The lowest BCUT2D eigenvalue weighted by atomic mass is 10.1. The van der Waals surface area contributed by atoms with Gasteiger partial charge in [0.1, 0.15) is 10.6 Å². The Hall–Kier alpha value is -2.13. The van der Waals surface area contributed by atoms with Gasteiger partial charge < -0.3 is 4.74 Å². The smallest absolute Gasteiger partial charge is 0.269 e. The molecule has 0 atom stereocenters. The summed E-state index contributed by atoms with van der Waals surface area (Å²) in [5.74, 6) is -0.630. The van der Waals surface area contributed by atoms with Gasteiger partial charge in [0.05, 0.1) is 7.11 Å². The number of methoxy groups -OCH3 is 1. The van der Waals surface area contributed by atoms with E-state index in [0.29, 0.717) is 13.1 Å². The number of hydrogen-bond donors (Lipinski definition) is 2. The molecule has 0 aliphatic rings. The highest BCUT2D eigenvalue weighted by Crippen LogP contribution is 2.27. The summed E-state index contributed by atoms with van der Waals surface area (Å²) in [7, 11) is -2.44. The Morgan fingerprint density at radius 2 is 1.77 bits per heavy atom. The van der Waals surface area contributed by atoms with Crippen LogP contribution in [0.25, 0.3) is 0 Å². The van der Waals surface area contributed by atoms with Crippen LogP contribution in [-0.4, -0.2) is 44.7 Å². The number of nitrogens with zero attached hydrogens (tertiary/aromatic N) is 1. The normalized spacial score (nSPS) is 11.5. The van der Waals surface area contributed by atoms with Gasteiger partial charge in [-0.15, -0.1) is 0 Å². The molecule has 0 unspecified atom stereocenters. The van der Waals surface area contributed by atoms with Crippen LogP contribution < -0.4 is 15.6 Å². The molecular formula is C17H27N3O5S. The zero-order chi connectivity index (χ0) is 19.9. The van der Waals surface area contributed by atoms with E-state index in [1.54, 1.807) is 13.8 Å². The van der Waals surface area contributed by atoms with Crippen LogP contribution >= 0.6 is 0 Å². The predicted molar refractivity (Wildman–Crippen MR) is 98.2 cm³/mol. The summed E-state index contributed by atoms with van der Waals surface area (Å²) in [5, 5.41) is 0. The molecule has 0 aliphatic carbocycles. The van der Waals surface area contributed by atoms with E-state index < -0.39 is 15.9 Å². The lowest BCUT2D eigenvalue weighted by Gasteiger charge is -2.20. The molecule has 0 aliphatic heterocycles. The van der Waals surface area contributed by atoms with Crippen molar-refractivity contribution in [2.24, 2.45) is 5.92 Å². The highest BCUT2D eigenvalue weighted by molar-refractivity contribution is 7.89. The number of carbonyl (C=O) groups is 2. The molecular weight excluding hydrogens is 358 g/mol. The van der Waals surface area contributed by atoms with E-state index in [1.165, 1.54) is 29.6 Å². The second-order valence-electron chi connectivity index (χ2n) is 6.06. The quantitative estimate of drug-likeness (QED) is 0.661. The second kappa shape index (κ2) is 9.54. The minimum absolute atomic E-state index is 0.0927. The first-order chi connectivity index (χ1) is 12.2. The SMILES string of the molecule is CCN(CC)S(=O)(=O)c1cc(C(=O)NNC(=O)CC(C)C)ccc1OC. The average molecular weight is 385 g/mol. The van der Waals surface area contributed by atoms with Crippen LogP contribution in [0.2, 0.25) is 0 Å². The van der Waals surface area contributed by atoms with Crippen molar-refractivity contribution in [3.05, 3.63) is 23.8 Å². The van der Waals surface area contributed by atoms with E-state index >= 15 is 0 Å². The number of hydrogen-bond acceptors (Lipinski definition) is 5. The largest absolute Gasteiger partial charge is 0.495 e. The van der Waals surface area contributed by atoms with Crippen molar-refractivity contribution in [2.75, 3.05) is 20.2 Å². The Labute approximate surface area is 154 Å². The Bertz CT molecular complexity index is 743. The summed E-state index contributed by atoms with van der Waals surface area (Å²) in [6.07, 6.45) is 0.268. The number of benzene rings is 1. The summed E-state index contributed by atoms with van der Waals surface area (Å²) in [6.45, 7) is 7.82. The number of carbonyl (C=O) groups excluding carboxylic acids is 2. The molecule has 0 heterocycles. The lowest BCUT2D eigenvalue weighted by molar-refractivity contribution is -0.122. The molecule has 146 valence electrons. The minimum atomic E-state index is -3.81. The molecule has 0 saturated heterocycles. The van der Waals surface area contributed by atoms with Crippen LogP contribution in [0.1, 0.15) is 44.5 Å². The van der Waals surface area contributed by atoms with Gasteiger partial charge in [0.15, 0.2) is 0 Å². The Morgan fingerprint density at radius 1 is 1.15 bits per heavy atom. The highest BCUT2D eigenvalue weighted by Gasteiger charge is 2.26. The van der Waals surface area contributed by atoms with Gasteiger partial charge in [0.25, 0.3) is 5.91 Å². The van der Waals surface area contributed by atoms with Gasteiger partial charge in [0.2, 0.25) is 15.9 Å². The van der Waals surface area contributed by atoms with Gasteiger partial charge >= 0.3 is 0 Å². The standard InChI is InChI=1S/C17H27N3O5S/c1-6-20(7-2)26(23,24)15-11-13(8-9-14(15)25-5)17(22)19-18-16(21)10-12(3)4/h8-9,11-12H,6-7,10H2,1-5H3,(H,18,21)(H,19,22). The van der Waals surface area contributed by atoms with Crippen LogP contribution in [0.5, 0.6) is 5.75 Å². The number of hydrazine groups is 1. The maximum atomic E-state index is 12.8. The van der Waals surface area contributed by atoms with E-state index in [2.05, 4.69) is 10.9 Å². The van der Waals surface area contributed by atoms with E-state index in [0.717, 1.165) is 0 Å². The highest BCUT2D eigenvalue weighted by atomic mass is 32.2. The molecule has 0 radical (unpaired) electrons. The van der Waals surface area contributed by atoms with Gasteiger partial charge in [-0.05, 0) is 24.1 Å². The van der Waals surface area contributed by atoms with E-state index in [9.17, 15) is 18.0 Å². The molecule has 2 N–H and O–H groups in total. The maximum Gasteiger partial charge on any atom is 0.269 e. The minimum Gasteiger partial charge on any atom is -0.495 e. The summed E-state index contributed by atoms with van der Waals surface area (Å²) in [6, 6.07) is 4.10. The molecule has 0 aromatic heterocycles. The third-order valence-corrected chi connectivity index (χ3v) is 5.73. The average Bonchev–Trinajstić information content (AvgIpc) is 2.59. The van der Waals surface area contributed by atoms with Crippen LogP contribution in [0.15, 0.2) is 23.1 Å². The Morgan fingerprint density at radius 3 is 2.27 bits per heavy atom. The van der Waals surface area contributed by atoms with Crippen molar-refractivity contribution >= 4 is 21.8 Å². The van der Waals surface area contributed by atoms with E-state index in [-0.39, 0.29) is 34.5 Å². The molecule has 8 nitrogen and oxygen atoms in total. The summed E-state index contributed by atoms with van der Waals surface area (Å²) in [4.78, 5) is 23.8. The predicted octanol–water partition coefficient (Wildman–Crippen LogP) is 1.53. The van der Waals surface area contributed by atoms with Crippen LogP contribution in [-0.2, 0) is 14.8 Å². The molecule has 1 rings (SSSR count). The van der Waals surface area contributed by atoms with Gasteiger partial charge in [-0.25, -0.2) is 8.42 Å². The number of ether oxygens (including phenoxy) is 1. The van der Waals surface area contributed by atoms with Gasteiger partial charge in [-0.1, -0.05) is 27.7 Å². The van der Waals surface area contributed by atoms with Crippen molar-refractivity contribution in [1.29, 1.82) is 0 Å². The number of nitrogens with one attached hydrogen (secondary N) is 2. The fourth-order valence-corrected chi connectivity index (χ4v) is 3.98. The Kier molecular flexibility index (Phi) is 8.04. The summed E-state index contributed by atoms with van der Waals surface area (Å²) < 4.78 is 32.0. The first-order valence-corrected chi connectivity index (χ1v) is 9.88. The molecule has 0 spiro atoms. The molecule has 1 aromatic carbocycles. The lowest BCUT2D eigenvalue weighted by Crippen LogP contribution is -2.42. The van der Waals surface area contributed by atoms with Crippen molar-refractivity contribution < 1.29 is 22.7 Å². The molecule has 0 fully saturated rings. The van der Waals surface area contributed by atoms with Crippen molar-refractivity contribution in [3.63, 3.8) is 0 Å². The number of amides is 2. The van der Waals surface area contributed by atoms with Crippen molar-refractivity contribution in [3.8, 4) is 5.75 Å². The topological polar surface area (TPSA) is 105 Å². The monoisotopic (exact) mass is 385 g/mol. The third-order valence-electron chi connectivity index (χ3n) is 3.66. The molecule has 26 heavy (non-hydrogen) atoms. The van der Waals surface area contributed by atoms with Crippen LogP contribution in [0.4, 0.5) is 0 Å². The van der Waals surface area contributed by atoms with Gasteiger partial charge in [0, 0.05) is 25.1 Å². The van der Waals surface area contributed by atoms with Crippen molar-refractivity contribution in [2.45, 2.75) is 39.0 Å². The molecule has 0 saturated carbocycles. The number of sulfonamides is 1. The first kappa shape index (κ1) is 21.9.